The summed E-state index contributed by atoms with van der Waals surface area (Å²) in [4.78, 5) is 0. The van der Waals surface area contributed by atoms with Gasteiger partial charge >= 0.3 is 0 Å². The summed E-state index contributed by atoms with van der Waals surface area (Å²) in [5, 5.41) is 9.82. The number of aromatic hydroxyl groups is 1. The Morgan fingerprint density at radius 2 is 1.22 bits per heavy atom. The minimum absolute atomic E-state index is 0.389. The van der Waals surface area contributed by atoms with Crippen LogP contribution in [0.5, 0.6) is 5.75 Å². The van der Waals surface area contributed by atoms with Crippen molar-refractivity contribution in [2.24, 2.45) is 0 Å². The number of phenolic OH excluding ortho intramolecular Hbond substituents is 1. The molecule has 0 amide bonds. The average molecular weight is 302 g/mol. The van der Waals surface area contributed by atoms with E-state index in [1.807, 2.05) is 18.2 Å². The van der Waals surface area contributed by atoms with Gasteiger partial charge in [-0.3, -0.25) is 0 Å². The average Bonchev–Trinajstić information content (AvgIpc) is 2.62. The molecule has 116 valence electrons. The minimum Gasteiger partial charge on any atom is -0.508 e. The maximum atomic E-state index is 9.82. The van der Waals surface area contributed by atoms with Gasteiger partial charge in [-0.1, -0.05) is 73.7 Å². The largest absolute Gasteiger partial charge is 0.508 e. The highest BCUT2D eigenvalue weighted by Gasteiger charge is 2.02. The normalized spacial score (nSPS) is 10.7. The number of para-hydroxylation sites is 1. The van der Waals surface area contributed by atoms with E-state index < -0.39 is 0 Å². The van der Waals surface area contributed by atoms with Gasteiger partial charge in [-0.2, -0.15) is 0 Å². The molecule has 0 spiro atoms. The second kappa shape index (κ2) is 7.15. The zero-order valence-corrected chi connectivity index (χ0v) is 13.5. The van der Waals surface area contributed by atoms with Gasteiger partial charge in [0.25, 0.3) is 0 Å². The zero-order valence-electron chi connectivity index (χ0n) is 13.5. The molecule has 0 saturated carbocycles. The first-order chi connectivity index (χ1) is 11.3. The topological polar surface area (TPSA) is 20.2 Å². The second-order valence-electron chi connectivity index (χ2n) is 5.88. The summed E-state index contributed by atoms with van der Waals surface area (Å²) in [6.07, 6.45) is 2.87. The Labute approximate surface area is 138 Å². The summed E-state index contributed by atoms with van der Waals surface area (Å²) in [6.45, 7) is 2.17. The van der Waals surface area contributed by atoms with Crippen LogP contribution in [0.25, 0.3) is 11.1 Å². The quantitative estimate of drug-likeness (QED) is 0.668. The monoisotopic (exact) mass is 302 g/mol. The fourth-order valence-corrected chi connectivity index (χ4v) is 2.80. The molecule has 0 bridgehead atoms. The van der Waals surface area contributed by atoms with Crippen molar-refractivity contribution >= 4 is 0 Å². The molecule has 3 rings (SSSR count). The first-order valence-electron chi connectivity index (χ1n) is 8.21. The van der Waals surface area contributed by atoms with Gasteiger partial charge in [-0.25, -0.2) is 0 Å². The molecule has 1 N–H and O–H groups in total. The van der Waals surface area contributed by atoms with Crippen LogP contribution in [-0.4, -0.2) is 5.11 Å². The molecule has 0 aliphatic carbocycles. The predicted molar refractivity (Wildman–Crippen MR) is 96.8 cm³/mol. The number of hydrogen-bond acceptors (Lipinski definition) is 1. The lowest BCUT2D eigenvalue weighted by molar-refractivity contribution is 0.468. The highest BCUT2D eigenvalue weighted by Crippen LogP contribution is 2.22. The van der Waals surface area contributed by atoms with E-state index in [1.165, 1.54) is 22.3 Å². The molecule has 0 saturated heterocycles. The Bertz CT molecular complexity index is 755. The molecule has 1 heteroatoms. The Hall–Kier alpha value is -2.54. The van der Waals surface area contributed by atoms with Crippen LogP contribution >= 0.6 is 0 Å². The zero-order chi connectivity index (χ0) is 16.1. The molecule has 0 radical (unpaired) electrons. The molecule has 0 heterocycles. The lowest BCUT2D eigenvalue weighted by atomic mass is 9.99. The number of hydrogen-bond donors (Lipinski definition) is 1. The number of benzene rings is 3. The van der Waals surface area contributed by atoms with Gasteiger partial charge < -0.3 is 5.11 Å². The molecule has 0 atom stereocenters. The molecule has 0 aliphatic rings. The smallest absolute Gasteiger partial charge is 0.118 e. The third kappa shape index (κ3) is 3.81. The first kappa shape index (κ1) is 15.4. The van der Waals surface area contributed by atoms with Crippen LogP contribution in [0.4, 0.5) is 0 Å². The summed E-state index contributed by atoms with van der Waals surface area (Å²) in [5.41, 5.74) is 6.18. The maximum absolute atomic E-state index is 9.82. The van der Waals surface area contributed by atoms with Crippen molar-refractivity contribution in [3.8, 4) is 16.9 Å². The second-order valence-corrected chi connectivity index (χ2v) is 5.88. The van der Waals surface area contributed by atoms with E-state index in [-0.39, 0.29) is 0 Å². The summed E-state index contributed by atoms with van der Waals surface area (Å²) in [7, 11) is 0. The SMILES string of the molecule is CCc1ccc(-c2ccc(CCc3ccccc3O)cc2)cc1. The molecule has 0 aromatic heterocycles. The van der Waals surface area contributed by atoms with Crippen LogP contribution in [0.15, 0.2) is 72.8 Å². The van der Waals surface area contributed by atoms with Gasteiger partial charge in [-0.15, -0.1) is 0 Å². The van der Waals surface area contributed by atoms with E-state index in [9.17, 15) is 5.11 Å². The van der Waals surface area contributed by atoms with Crippen LogP contribution in [0.1, 0.15) is 23.6 Å². The molecular weight excluding hydrogens is 280 g/mol. The summed E-state index contributed by atoms with van der Waals surface area (Å²) in [6, 6.07) is 25.1. The van der Waals surface area contributed by atoms with Crippen molar-refractivity contribution in [1.82, 2.24) is 0 Å². The number of rotatable bonds is 5. The highest BCUT2D eigenvalue weighted by atomic mass is 16.3. The lowest BCUT2D eigenvalue weighted by Crippen LogP contribution is -1.92. The first-order valence-corrected chi connectivity index (χ1v) is 8.21. The summed E-state index contributed by atoms with van der Waals surface area (Å²) >= 11 is 0. The van der Waals surface area contributed by atoms with E-state index in [0.717, 1.165) is 24.8 Å². The van der Waals surface area contributed by atoms with E-state index in [2.05, 4.69) is 55.5 Å². The summed E-state index contributed by atoms with van der Waals surface area (Å²) < 4.78 is 0. The number of aryl methyl sites for hydroxylation is 3. The minimum atomic E-state index is 0.389. The Morgan fingerprint density at radius 3 is 1.78 bits per heavy atom. The van der Waals surface area contributed by atoms with Crippen molar-refractivity contribution in [3.63, 3.8) is 0 Å². The van der Waals surface area contributed by atoms with Gasteiger partial charge in [0.2, 0.25) is 0 Å². The van der Waals surface area contributed by atoms with Crippen molar-refractivity contribution < 1.29 is 5.11 Å². The fourth-order valence-electron chi connectivity index (χ4n) is 2.80. The van der Waals surface area contributed by atoms with Crippen molar-refractivity contribution in [3.05, 3.63) is 89.5 Å². The molecule has 0 aliphatic heterocycles. The number of phenols is 1. The molecule has 3 aromatic rings. The maximum Gasteiger partial charge on any atom is 0.118 e. The molecule has 0 unspecified atom stereocenters. The Balaban J connectivity index is 1.68. The molecular formula is C22H22O. The van der Waals surface area contributed by atoms with Gasteiger partial charge in [0.05, 0.1) is 0 Å². The Morgan fingerprint density at radius 1 is 0.652 bits per heavy atom. The molecule has 0 fully saturated rings. The van der Waals surface area contributed by atoms with E-state index in [0.29, 0.717) is 5.75 Å². The summed E-state index contributed by atoms with van der Waals surface area (Å²) in [5.74, 6) is 0.389. The standard InChI is InChI=1S/C22H22O/c1-2-17-7-12-19(13-8-17)20-14-9-18(10-15-20)11-16-21-5-3-4-6-22(21)23/h3-10,12-15,23H,2,11,16H2,1H3. The van der Waals surface area contributed by atoms with Gasteiger partial charge in [0, 0.05) is 0 Å². The van der Waals surface area contributed by atoms with Crippen molar-refractivity contribution in [2.75, 3.05) is 0 Å². The predicted octanol–water partition coefficient (Wildman–Crippen LogP) is 5.41. The van der Waals surface area contributed by atoms with Crippen LogP contribution in [0.3, 0.4) is 0 Å². The van der Waals surface area contributed by atoms with Crippen LogP contribution in [0.2, 0.25) is 0 Å². The Kier molecular flexibility index (Phi) is 4.77. The van der Waals surface area contributed by atoms with E-state index in [1.54, 1.807) is 6.07 Å². The lowest BCUT2D eigenvalue weighted by Gasteiger charge is -2.07. The van der Waals surface area contributed by atoms with Crippen LogP contribution in [0, 0.1) is 0 Å². The van der Waals surface area contributed by atoms with E-state index >= 15 is 0 Å². The van der Waals surface area contributed by atoms with Gasteiger partial charge in [0.1, 0.15) is 5.75 Å². The molecule has 3 aromatic carbocycles. The van der Waals surface area contributed by atoms with E-state index in [4.69, 9.17) is 0 Å². The van der Waals surface area contributed by atoms with Crippen molar-refractivity contribution in [1.29, 1.82) is 0 Å². The molecule has 1 nitrogen and oxygen atoms in total. The highest BCUT2D eigenvalue weighted by molar-refractivity contribution is 5.64. The van der Waals surface area contributed by atoms with Crippen LogP contribution in [-0.2, 0) is 19.3 Å². The third-order valence-corrected chi connectivity index (χ3v) is 4.32. The third-order valence-electron chi connectivity index (χ3n) is 4.32. The van der Waals surface area contributed by atoms with Gasteiger partial charge in [-0.05, 0) is 53.1 Å². The molecule has 23 heavy (non-hydrogen) atoms. The van der Waals surface area contributed by atoms with Crippen molar-refractivity contribution in [2.45, 2.75) is 26.2 Å². The fraction of sp³-hybridized carbons (Fsp3) is 0.182. The van der Waals surface area contributed by atoms with Crippen LogP contribution < -0.4 is 0 Å². The van der Waals surface area contributed by atoms with Gasteiger partial charge in [0.15, 0.2) is 0 Å².